The van der Waals surface area contributed by atoms with Crippen LogP contribution in [0.1, 0.15) is 18.7 Å². The van der Waals surface area contributed by atoms with Gasteiger partial charge in [0.1, 0.15) is 0 Å². The van der Waals surface area contributed by atoms with Gasteiger partial charge in [-0.25, -0.2) is 0 Å². The first-order valence-electron chi connectivity index (χ1n) is 5.34. The fraction of sp³-hybridized carbons (Fsp3) is 0.364. The Bertz CT molecular complexity index is 487. The molecule has 2 aromatic rings. The number of halogens is 1. The van der Waals surface area contributed by atoms with E-state index in [-0.39, 0.29) is 6.61 Å². The van der Waals surface area contributed by atoms with E-state index in [0.717, 1.165) is 22.9 Å². The van der Waals surface area contributed by atoms with Crippen molar-refractivity contribution in [3.63, 3.8) is 0 Å². The molecule has 0 aliphatic rings. The standard InChI is InChI=1S/C11H12BrN3O2/c12-9-5-8(6-13-7-9)11-14-10(17-15-11)3-1-2-4-16/h5-7,16H,1-4H2. The SMILES string of the molecule is OCCCCc1nc(-c2cncc(Br)c2)no1. The van der Waals surface area contributed by atoms with E-state index in [1.807, 2.05) is 6.07 Å². The summed E-state index contributed by atoms with van der Waals surface area (Å²) in [7, 11) is 0. The number of hydrogen-bond acceptors (Lipinski definition) is 5. The summed E-state index contributed by atoms with van der Waals surface area (Å²) in [6.07, 6.45) is 5.67. The van der Waals surface area contributed by atoms with Crippen LogP contribution in [0.15, 0.2) is 27.5 Å². The first-order valence-corrected chi connectivity index (χ1v) is 6.13. The normalized spacial score (nSPS) is 10.7. The van der Waals surface area contributed by atoms with Crippen molar-refractivity contribution in [2.45, 2.75) is 19.3 Å². The number of nitrogens with zero attached hydrogens (tertiary/aromatic N) is 3. The Morgan fingerprint density at radius 1 is 1.29 bits per heavy atom. The predicted molar refractivity (Wildman–Crippen MR) is 65.3 cm³/mol. The van der Waals surface area contributed by atoms with E-state index >= 15 is 0 Å². The minimum Gasteiger partial charge on any atom is -0.396 e. The van der Waals surface area contributed by atoms with Gasteiger partial charge < -0.3 is 9.63 Å². The van der Waals surface area contributed by atoms with E-state index in [4.69, 9.17) is 9.63 Å². The molecule has 5 nitrogen and oxygen atoms in total. The van der Waals surface area contributed by atoms with Gasteiger partial charge in [0.25, 0.3) is 0 Å². The molecular formula is C11H12BrN3O2. The molecule has 0 aliphatic heterocycles. The van der Waals surface area contributed by atoms with Crippen molar-refractivity contribution in [3.05, 3.63) is 28.8 Å². The first-order chi connectivity index (χ1) is 8.29. The predicted octanol–water partition coefficient (Wildman–Crippen LogP) is 2.21. The van der Waals surface area contributed by atoms with Crippen LogP contribution >= 0.6 is 15.9 Å². The lowest BCUT2D eigenvalue weighted by molar-refractivity contribution is 0.281. The zero-order valence-corrected chi connectivity index (χ0v) is 10.7. The van der Waals surface area contributed by atoms with Crippen LogP contribution < -0.4 is 0 Å². The Kier molecular flexibility index (Phi) is 4.22. The zero-order valence-electron chi connectivity index (χ0n) is 9.14. The molecule has 0 aliphatic carbocycles. The van der Waals surface area contributed by atoms with Crippen molar-refractivity contribution >= 4 is 15.9 Å². The Morgan fingerprint density at radius 3 is 2.94 bits per heavy atom. The van der Waals surface area contributed by atoms with E-state index < -0.39 is 0 Å². The van der Waals surface area contributed by atoms with E-state index in [1.54, 1.807) is 12.4 Å². The van der Waals surface area contributed by atoms with Gasteiger partial charge in [-0.1, -0.05) is 5.16 Å². The Balaban J connectivity index is 2.07. The Hall–Kier alpha value is -1.27. The molecule has 0 spiro atoms. The van der Waals surface area contributed by atoms with E-state index in [0.29, 0.717) is 18.1 Å². The summed E-state index contributed by atoms with van der Waals surface area (Å²) in [5.41, 5.74) is 0.816. The summed E-state index contributed by atoms with van der Waals surface area (Å²) in [5, 5.41) is 12.6. The molecule has 0 unspecified atom stereocenters. The molecule has 0 bridgehead atoms. The van der Waals surface area contributed by atoms with Gasteiger partial charge in [0.2, 0.25) is 11.7 Å². The van der Waals surface area contributed by atoms with Gasteiger partial charge in [-0.05, 0) is 34.8 Å². The average molecular weight is 298 g/mol. The number of aromatic nitrogens is 3. The number of pyridine rings is 1. The molecule has 2 rings (SSSR count). The molecule has 0 fully saturated rings. The third kappa shape index (κ3) is 3.34. The second-order valence-corrected chi connectivity index (χ2v) is 4.50. The van der Waals surface area contributed by atoms with Gasteiger partial charge in [-0.2, -0.15) is 4.98 Å². The number of hydrogen-bond donors (Lipinski definition) is 1. The second kappa shape index (κ2) is 5.88. The van der Waals surface area contributed by atoms with Gasteiger partial charge in [-0.3, -0.25) is 4.98 Å². The second-order valence-electron chi connectivity index (χ2n) is 3.58. The number of unbranched alkanes of at least 4 members (excludes halogenated alkanes) is 1. The van der Waals surface area contributed by atoms with Crippen LogP contribution in [0.25, 0.3) is 11.4 Å². The average Bonchev–Trinajstić information content (AvgIpc) is 2.78. The van der Waals surface area contributed by atoms with Gasteiger partial charge in [0.15, 0.2) is 0 Å². The smallest absolute Gasteiger partial charge is 0.226 e. The number of rotatable bonds is 5. The lowest BCUT2D eigenvalue weighted by Crippen LogP contribution is -1.89. The highest BCUT2D eigenvalue weighted by Crippen LogP contribution is 2.19. The van der Waals surface area contributed by atoms with Crippen LogP contribution in [0, 0.1) is 0 Å². The third-order valence-corrected chi connectivity index (χ3v) is 2.66. The number of aliphatic hydroxyl groups is 1. The summed E-state index contributed by atoms with van der Waals surface area (Å²) < 4.78 is 6.00. The summed E-state index contributed by atoms with van der Waals surface area (Å²) in [6.45, 7) is 0.191. The molecule has 0 radical (unpaired) electrons. The Morgan fingerprint density at radius 2 is 2.18 bits per heavy atom. The molecule has 2 aromatic heterocycles. The van der Waals surface area contributed by atoms with Crippen LogP contribution in [0.4, 0.5) is 0 Å². The highest BCUT2D eigenvalue weighted by molar-refractivity contribution is 9.10. The highest BCUT2D eigenvalue weighted by Gasteiger charge is 2.08. The van der Waals surface area contributed by atoms with Gasteiger partial charge >= 0.3 is 0 Å². The largest absolute Gasteiger partial charge is 0.396 e. The third-order valence-electron chi connectivity index (χ3n) is 2.23. The molecule has 6 heteroatoms. The topological polar surface area (TPSA) is 72.0 Å². The van der Waals surface area contributed by atoms with Crippen molar-refractivity contribution < 1.29 is 9.63 Å². The molecular weight excluding hydrogens is 286 g/mol. The van der Waals surface area contributed by atoms with Gasteiger partial charge in [0, 0.05) is 35.5 Å². The quantitative estimate of drug-likeness (QED) is 0.857. The van der Waals surface area contributed by atoms with Crippen molar-refractivity contribution in [1.29, 1.82) is 0 Å². The maximum Gasteiger partial charge on any atom is 0.226 e. The monoisotopic (exact) mass is 297 g/mol. The molecule has 90 valence electrons. The van der Waals surface area contributed by atoms with E-state index in [9.17, 15) is 0 Å². The lowest BCUT2D eigenvalue weighted by Gasteiger charge is -1.93. The Labute approximate surface area is 107 Å². The van der Waals surface area contributed by atoms with Crippen LogP contribution in [-0.2, 0) is 6.42 Å². The number of aliphatic hydroxyl groups excluding tert-OH is 1. The van der Waals surface area contributed by atoms with Crippen LogP contribution in [0.5, 0.6) is 0 Å². The van der Waals surface area contributed by atoms with Crippen LogP contribution in [0.3, 0.4) is 0 Å². The van der Waals surface area contributed by atoms with E-state index in [2.05, 4.69) is 31.1 Å². The maximum absolute atomic E-state index is 8.68. The van der Waals surface area contributed by atoms with Gasteiger partial charge in [-0.15, -0.1) is 0 Å². The highest BCUT2D eigenvalue weighted by atomic mass is 79.9. The molecule has 0 saturated carbocycles. The fourth-order valence-corrected chi connectivity index (χ4v) is 1.76. The maximum atomic E-state index is 8.68. The molecule has 0 aromatic carbocycles. The molecule has 0 saturated heterocycles. The van der Waals surface area contributed by atoms with Gasteiger partial charge in [0.05, 0.1) is 0 Å². The number of aryl methyl sites for hydroxylation is 1. The zero-order chi connectivity index (χ0) is 12.1. The minimum absolute atomic E-state index is 0.191. The lowest BCUT2D eigenvalue weighted by atomic mass is 10.2. The van der Waals surface area contributed by atoms with E-state index in [1.165, 1.54) is 0 Å². The first kappa shape index (κ1) is 12.2. The molecule has 0 atom stereocenters. The fourth-order valence-electron chi connectivity index (χ4n) is 1.40. The van der Waals surface area contributed by atoms with Crippen molar-refractivity contribution in [2.75, 3.05) is 6.61 Å². The molecule has 0 amide bonds. The molecule has 2 heterocycles. The van der Waals surface area contributed by atoms with Crippen molar-refractivity contribution in [1.82, 2.24) is 15.1 Å². The van der Waals surface area contributed by atoms with Crippen molar-refractivity contribution in [3.8, 4) is 11.4 Å². The summed E-state index contributed by atoms with van der Waals surface area (Å²) in [4.78, 5) is 8.32. The van der Waals surface area contributed by atoms with Crippen molar-refractivity contribution in [2.24, 2.45) is 0 Å². The minimum atomic E-state index is 0.191. The summed E-state index contributed by atoms with van der Waals surface area (Å²) in [6, 6.07) is 1.88. The summed E-state index contributed by atoms with van der Waals surface area (Å²) >= 11 is 3.34. The summed E-state index contributed by atoms with van der Waals surface area (Å²) in [5.74, 6) is 1.13. The van der Waals surface area contributed by atoms with Crippen LogP contribution in [-0.4, -0.2) is 26.8 Å². The molecule has 1 N–H and O–H groups in total. The molecule has 17 heavy (non-hydrogen) atoms. The van der Waals surface area contributed by atoms with Crippen LogP contribution in [0.2, 0.25) is 0 Å².